The van der Waals surface area contributed by atoms with E-state index in [1.165, 1.54) is 11.1 Å². The number of amides is 2. The smallest absolute Gasteiger partial charge is 0.315 e. The van der Waals surface area contributed by atoms with E-state index in [2.05, 4.69) is 22.8 Å². The highest BCUT2D eigenvalue weighted by Crippen LogP contribution is 2.21. The Morgan fingerprint density at radius 3 is 2.38 bits per heavy atom. The SMILES string of the molecule is O=C(O)CCCCCNC(=O)NC1Cc2ccccc2C1. The van der Waals surface area contributed by atoms with Crippen LogP contribution in [0.2, 0.25) is 0 Å². The molecule has 0 fully saturated rings. The van der Waals surface area contributed by atoms with Crippen LogP contribution in [0.1, 0.15) is 36.8 Å². The van der Waals surface area contributed by atoms with Crippen LogP contribution in [0.15, 0.2) is 24.3 Å². The predicted molar refractivity (Wildman–Crippen MR) is 80.3 cm³/mol. The van der Waals surface area contributed by atoms with Gasteiger partial charge in [0.15, 0.2) is 0 Å². The monoisotopic (exact) mass is 290 g/mol. The van der Waals surface area contributed by atoms with Crippen molar-refractivity contribution >= 4 is 12.0 Å². The van der Waals surface area contributed by atoms with Gasteiger partial charge in [-0.3, -0.25) is 4.79 Å². The number of carboxylic acids is 1. The Balaban J connectivity index is 1.58. The molecular weight excluding hydrogens is 268 g/mol. The van der Waals surface area contributed by atoms with Gasteiger partial charge in [0.2, 0.25) is 0 Å². The highest BCUT2D eigenvalue weighted by Gasteiger charge is 2.21. The third kappa shape index (κ3) is 5.10. The average molecular weight is 290 g/mol. The molecule has 0 aromatic heterocycles. The first-order chi connectivity index (χ1) is 10.1. The van der Waals surface area contributed by atoms with Gasteiger partial charge in [0, 0.05) is 19.0 Å². The van der Waals surface area contributed by atoms with E-state index in [0.29, 0.717) is 13.0 Å². The van der Waals surface area contributed by atoms with Crippen LogP contribution in [0.3, 0.4) is 0 Å². The van der Waals surface area contributed by atoms with Gasteiger partial charge in [-0.15, -0.1) is 0 Å². The van der Waals surface area contributed by atoms with Crippen molar-refractivity contribution in [3.63, 3.8) is 0 Å². The van der Waals surface area contributed by atoms with Crippen LogP contribution in [-0.4, -0.2) is 29.7 Å². The molecule has 5 nitrogen and oxygen atoms in total. The van der Waals surface area contributed by atoms with Crippen LogP contribution in [0.5, 0.6) is 0 Å². The van der Waals surface area contributed by atoms with Gasteiger partial charge >= 0.3 is 12.0 Å². The molecule has 0 radical (unpaired) electrons. The second kappa shape index (κ2) is 7.67. The summed E-state index contributed by atoms with van der Waals surface area (Å²) in [4.78, 5) is 22.1. The zero-order valence-corrected chi connectivity index (χ0v) is 12.1. The number of carbonyl (C=O) groups excluding carboxylic acids is 1. The fraction of sp³-hybridized carbons (Fsp3) is 0.500. The quantitative estimate of drug-likeness (QED) is 0.673. The number of unbranched alkanes of at least 4 members (excludes halogenated alkanes) is 2. The van der Waals surface area contributed by atoms with Gasteiger partial charge < -0.3 is 15.7 Å². The second-order valence-electron chi connectivity index (χ2n) is 5.48. The van der Waals surface area contributed by atoms with Crippen molar-refractivity contribution in [2.75, 3.05) is 6.54 Å². The van der Waals surface area contributed by atoms with E-state index in [0.717, 1.165) is 25.7 Å². The van der Waals surface area contributed by atoms with Crippen LogP contribution in [0.4, 0.5) is 4.79 Å². The summed E-state index contributed by atoms with van der Waals surface area (Å²) in [6.45, 7) is 0.588. The van der Waals surface area contributed by atoms with E-state index >= 15 is 0 Å². The van der Waals surface area contributed by atoms with Gasteiger partial charge in [0.1, 0.15) is 0 Å². The highest BCUT2D eigenvalue weighted by atomic mass is 16.4. The summed E-state index contributed by atoms with van der Waals surface area (Å²) in [7, 11) is 0. The summed E-state index contributed by atoms with van der Waals surface area (Å²) < 4.78 is 0. The molecule has 1 aliphatic carbocycles. The number of carboxylic acid groups (broad SMARTS) is 1. The molecule has 0 saturated heterocycles. The Labute approximate surface area is 124 Å². The number of carbonyl (C=O) groups is 2. The van der Waals surface area contributed by atoms with Crippen LogP contribution < -0.4 is 10.6 Å². The largest absolute Gasteiger partial charge is 0.481 e. The highest BCUT2D eigenvalue weighted by molar-refractivity contribution is 5.74. The summed E-state index contributed by atoms with van der Waals surface area (Å²) in [5.74, 6) is -0.762. The number of urea groups is 1. The lowest BCUT2D eigenvalue weighted by Crippen LogP contribution is -2.42. The Kier molecular flexibility index (Phi) is 5.60. The number of hydrogen-bond acceptors (Lipinski definition) is 2. The van der Waals surface area contributed by atoms with Crippen LogP contribution >= 0.6 is 0 Å². The first kappa shape index (κ1) is 15.4. The molecule has 114 valence electrons. The summed E-state index contributed by atoms with van der Waals surface area (Å²) in [5, 5.41) is 14.3. The summed E-state index contributed by atoms with van der Waals surface area (Å²) in [5.41, 5.74) is 2.63. The van der Waals surface area contributed by atoms with E-state index < -0.39 is 5.97 Å². The molecule has 21 heavy (non-hydrogen) atoms. The van der Waals surface area contributed by atoms with Gasteiger partial charge in [0.25, 0.3) is 0 Å². The van der Waals surface area contributed by atoms with Crippen molar-refractivity contribution in [2.45, 2.75) is 44.6 Å². The van der Waals surface area contributed by atoms with E-state index in [1.807, 2.05) is 12.1 Å². The van der Waals surface area contributed by atoms with Crippen molar-refractivity contribution in [1.82, 2.24) is 10.6 Å². The molecule has 0 heterocycles. The van der Waals surface area contributed by atoms with Crippen molar-refractivity contribution < 1.29 is 14.7 Å². The minimum atomic E-state index is -0.762. The van der Waals surface area contributed by atoms with Gasteiger partial charge in [-0.1, -0.05) is 30.7 Å². The van der Waals surface area contributed by atoms with Crippen molar-refractivity contribution in [1.29, 1.82) is 0 Å². The number of rotatable bonds is 7. The normalized spacial score (nSPS) is 13.7. The number of fused-ring (bicyclic) bond motifs is 1. The lowest BCUT2D eigenvalue weighted by Gasteiger charge is -2.13. The zero-order valence-electron chi connectivity index (χ0n) is 12.1. The third-order valence-electron chi connectivity index (χ3n) is 3.74. The molecule has 0 saturated carbocycles. The molecule has 1 aromatic carbocycles. The number of benzene rings is 1. The van der Waals surface area contributed by atoms with Gasteiger partial charge in [-0.25, -0.2) is 4.79 Å². The van der Waals surface area contributed by atoms with E-state index in [9.17, 15) is 9.59 Å². The van der Waals surface area contributed by atoms with Crippen LogP contribution in [0.25, 0.3) is 0 Å². The molecule has 0 atom stereocenters. The van der Waals surface area contributed by atoms with Crippen molar-refractivity contribution in [3.05, 3.63) is 35.4 Å². The Bertz CT molecular complexity index is 477. The van der Waals surface area contributed by atoms with Gasteiger partial charge in [-0.2, -0.15) is 0 Å². The summed E-state index contributed by atoms with van der Waals surface area (Å²) in [6, 6.07) is 8.31. The maximum atomic E-state index is 11.8. The van der Waals surface area contributed by atoms with E-state index in [-0.39, 0.29) is 18.5 Å². The second-order valence-corrected chi connectivity index (χ2v) is 5.48. The number of nitrogens with one attached hydrogen (secondary N) is 2. The minimum Gasteiger partial charge on any atom is -0.481 e. The maximum Gasteiger partial charge on any atom is 0.315 e. The molecular formula is C16H22N2O3. The molecule has 1 aromatic rings. The fourth-order valence-corrected chi connectivity index (χ4v) is 2.68. The maximum absolute atomic E-state index is 11.8. The average Bonchev–Trinajstić information content (AvgIpc) is 2.84. The van der Waals surface area contributed by atoms with Gasteiger partial charge in [0.05, 0.1) is 0 Å². The Hall–Kier alpha value is -2.04. The van der Waals surface area contributed by atoms with E-state index in [1.54, 1.807) is 0 Å². The lowest BCUT2D eigenvalue weighted by atomic mass is 10.1. The summed E-state index contributed by atoms with van der Waals surface area (Å²) >= 11 is 0. The summed E-state index contributed by atoms with van der Waals surface area (Å²) in [6.07, 6.45) is 4.28. The minimum absolute atomic E-state index is 0.133. The number of aliphatic carboxylic acids is 1. The van der Waals surface area contributed by atoms with Crippen molar-refractivity contribution in [3.8, 4) is 0 Å². The van der Waals surface area contributed by atoms with Crippen molar-refractivity contribution in [2.24, 2.45) is 0 Å². The van der Waals surface area contributed by atoms with E-state index in [4.69, 9.17) is 5.11 Å². The van der Waals surface area contributed by atoms with Crippen LogP contribution in [-0.2, 0) is 17.6 Å². The Morgan fingerprint density at radius 1 is 1.10 bits per heavy atom. The molecule has 1 aliphatic rings. The standard InChI is InChI=1S/C16H22N2O3/c19-15(20)8-2-1-5-9-17-16(21)18-14-10-12-6-3-4-7-13(12)11-14/h3-4,6-7,14H,1-2,5,8-11H2,(H,19,20)(H2,17,18,21). The first-order valence-electron chi connectivity index (χ1n) is 7.48. The molecule has 0 unspecified atom stereocenters. The number of hydrogen-bond donors (Lipinski definition) is 3. The topological polar surface area (TPSA) is 78.4 Å². The molecule has 0 spiro atoms. The molecule has 0 aliphatic heterocycles. The lowest BCUT2D eigenvalue weighted by molar-refractivity contribution is -0.137. The molecule has 0 bridgehead atoms. The molecule has 2 amide bonds. The van der Waals surface area contributed by atoms with Gasteiger partial charge in [-0.05, 0) is 36.8 Å². The first-order valence-corrected chi connectivity index (χ1v) is 7.48. The van der Waals surface area contributed by atoms with Crippen LogP contribution in [0, 0.1) is 0 Å². The predicted octanol–water partition coefficient (Wildman–Crippen LogP) is 2.10. The molecule has 2 rings (SSSR count). The molecule has 3 N–H and O–H groups in total. The Morgan fingerprint density at radius 2 is 1.76 bits per heavy atom. The third-order valence-corrected chi connectivity index (χ3v) is 3.74. The molecule has 5 heteroatoms. The fourth-order valence-electron chi connectivity index (χ4n) is 2.68. The zero-order chi connectivity index (χ0) is 15.1.